The first kappa shape index (κ1) is 14.4. The molecule has 0 N–H and O–H groups in total. The summed E-state index contributed by atoms with van der Waals surface area (Å²) in [5, 5.41) is 0. The highest BCUT2D eigenvalue weighted by molar-refractivity contribution is 5.75. The average Bonchev–Trinajstić information content (AvgIpc) is 2.64. The van der Waals surface area contributed by atoms with Gasteiger partial charge in [-0.1, -0.05) is 26.0 Å². The fourth-order valence-corrected chi connectivity index (χ4v) is 2.28. The summed E-state index contributed by atoms with van der Waals surface area (Å²) in [5.74, 6) is 1.35. The van der Waals surface area contributed by atoms with Crippen LogP contribution in [0.3, 0.4) is 0 Å². The third-order valence-corrected chi connectivity index (χ3v) is 3.63. The van der Waals surface area contributed by atoms with Gasteiger partial charge in [0, 0.05) is 13.0 Å². The normalized spacial score (nSPS) is 26.9. The summed E-state index contributed by atoms with van der Waals surface area (Å²) < 4.78 is 5.74. The van der Waals surface area contributed by atoms with E-state index in [9.17, 15) is 4.79 Å². The summed E-state index contributed by atoms with van der Waals surface area (Å²) in [6, 6.07) is 0. The molecule has 0 spiro atoms. The van der Waals surface area contributed by atoms with Gasteiger partial charge in [0.2, 0.25) is 0 Å². The number of hydrogen-bond donors (Lipinski definition) is 0. The van der Waals surface area contributed by atoms with E-state index in [1.54, 1.807) is 6.92 Å². The summed E-state index contributed by atoms with van der Waals surface area (Å²) in [6.07, 6.45) is 8.38. The lowest BCUT2D eigenvalue weighted by atomic mass is 9.88. The standard InChI is InChI=1S/C15H26O2/c1-12(2)14(7-6-13(3)16)8-10-15(4)9-5-11-17-15/h8,10,12,14H,5-7,9,11H2,1-4H3/b10-8+/t14-,15-/m0/s1. The van der Waals surface area contributed by atoms with E-state index in [-0.39, 0.29) is 11.4 Å². The van der Waals surface area contributed by atoms with Gasteiger partial charge in [-0.3, -0.25) is 0 Å². The Kier molecular flexibility index (Phi) is 5.38. The van der Waals surface area contributed by atoms with Gasteiger partial charge >= 0.3 is 0 Å². The predicted octanol–water partition coefficient (Wildman–Crippen LogP) is 3.75. The van der Waals surface area contributed by atoms with Crippen LogP contribution >= 0.6 is 0 Å². The monoisotopic (exact) mass is 238 g/mol. The zero-order valence-electron chi connectivity index (χ0n) is 11.7. The van der Waals surface area contributed by atoms with E-state index in [0.717, 1.165) is 25.9 Å². The molecule has 1 fully saturated rings. The Bertz CT molecular complexity index is 273. The molecule has 2 nitrogen and oxygen atoms in total. The third kappa shape index (κ3) is 5.03. The van der Waals surface area contributed by atoms with Crippen molar-refractivity contribution in [3.8, 4) is 0 Å². The van der Waals surface area contributed by atoms with Crippen LogP contribution in [0, 0.1) is 11.8 Å². The van der Waals surface area contributed by atoms with Crippen molar-refractivity contribution in [3.63, 3.8) is 0 Å². The van der Waals surface area contributed by atoms with Gasteiger partial charge in [0.05, 0.1) is 5.60 Å². The first-order valence-corrected chi connectivity index (χ1v) is 6.76. The number of Topliss-reactive ketones (excluding diaryl/α,β-unsaturated/α-hetero) is 1. The Labute approximate surface area is 105 Å². The Morgan fingerprint density at radius 2 is 2.18 bits per heavy atom. The molecule has 2 heteroatoms. The van der Waals surface area contributed by atoms with Crippen molar-refractivity contribution in [1.29, 1.82) is 0 Å². The van der Waals surface area contributed by atoms with Crippen LogP contribution < -0.4 is 0 Å². The molecule has 1 aliphatic heterocycles. The van der Waals surface area contributed by atoms with Crippen LogP contribution in [-0.4, -0.2) is 18.0 Å². The van der Waals surface area contributed by atoms with Crippen molar-refractivity contribution < 1.29 is 9.53 Å². The number of ether oxygens (including phenoxy) is 1. The van der Waals surface area contributed by atoms with E-state index in [1.807, 2.05) is 0 Å². The zero-order chi connectivity index (χ0) is 12.9. The summed E-state index contributed by atoms with van der Waals surface area (Å²) in [6.45, 7) is 9.13. The second-order valence-electron chi connectivity index (χ2n) is 5.77. The lowest BCUT2D eigenvalue weighted by Gasteiger charge is -2.21. The molecule has 0 aromatic rings. The largest absolute Gasteiger partial charge is 0.371 e. The third-order valence-electron chi connectivity index (χ3n) is 3.63. The number of carbonyl (C=O) groups is 1. The molecule has 1 heterocycles. The van der Waals surface area contributed by atoms with Gasteiger partial charge in [-0.15, -0.1) is 0 Å². The van der Waals surface area contributed by atoms with Gasteiger partial charge in [-0.2, -0.15) is 0 Å². The quantitative estimate of drug-likeness (QED) is 0.659. The predicted molar refractivity (Wildman–Crippen MR) is 71.0 cm³/mol. The van der Waals surface area contributed by atoms with Gasteiger partial charge in [0.1, 0.15) is 5.78 Å². The molecular formula is C15H26O2. The molecule has 17 heavy (non-hydrogen) atoms. The van der Waals surface area contributed by atoms with Crippen molar-refractivity contribution in [2.45, 2.75) is 59.0 Å². The average molecular weight is 238 g/mol. The molecule has 0 aliphatic carbocycles. The van der Waals surface area contributed by atoms with Gasteiger partial charge in [-0.25, -0.2) is 0 Å². The summed E-state index contributed by atoms with van der Waals surface area (Å²) in [7, 11) is 0. The first-order chi connectivity index (χ1) is 7.93. The fraction of sp³-hybridized carbons (Fsp3) is 0.800. The summed E-state index contributed by atoms with van der Waals surface area (Å²) in [5.41, 5.74) is -0.0661. The van der Waals surface area contributed by atoms with Gasteiger partial charge in [0.15, 0.2) is 0 Å². The molecule has 0 aromatic heterocycles. The van der Waals surface area contributed by atoms with E-state index in [1.165, 1.54) is 0 Å². The lowest BCUT2D eigenvalue weighted by molar-refractivity contribution is -0.117. The molecule has 1 aliphatic rings. The molecule has 98 valence electrons. The Morgan fingerprint density at radius 3 is 2.65 bits per heavy atom. The minimum atomic E-state index is -0.0661. The molecule has 2 atom stereocenters. The van der Waals surface area contributed by atoms with Crippen molar-refractivity contribution >= 4 is 5.78 Å². The van der Waals surface area contributed by atoms with E-state index < -0.39 is 0 Å². The number of rotatable bonds is 6. The molecule has 0 amide bonds. The minimum Gasteiger partial charge on any atom is -0.371 e. The van der Waals surface area contributed by atoms with Crippen molar-refractivity contribution in [2.24, 2.45) is 11.8 Å². The highest BCUT2D eigenvalue weighted by Gasteiger charge is 2.27. The molecule has 0 bridgehead atoms. The molecule has 1 rings (SSSR count). The molecule has 0 radical (unpaired) electrons. The second-order valence-corrected chi connectivity index (χ2v) is 5.77. The molecule has 0 aromatic carbocycles. The number of carbonyl (C=O) groups excluding carboxylic acids is 1. The van der Waals surface area contributed by atoms with Crippen molar-refractivity contribution in [3.05, 3.63) is 12.2 Å². The summed E-state index contributed by atoms with van der Waals surface area (Å²) in [4.78, 5) is 11.0. The van der Waals surface area contributed by atoms with Crippen LogP contribution in [0.1, 0.15) is 53.4 Å². The van der Waals surface area contributed by atoms with Gasteiger partial charge in [-0.05, 0) is 44.9 Å². The van der Waals surface area contributed by atoms with Crippen LogP contribution in [0.15, 0.2) is 12.2 Å². The van der Waals surface area contributed by atoms with Crippen LogP contribution in [-0.2, 0) is 9.53 Å². The smallest absolute Gasteiger partial charge is 0.129 e. The van der Waals surface area contributed by atoms with Crippen LogP contribution in [0.5, 0.6) is 0 Å². The maximum Gasteiger partial charge on any atom is 0.129 e. The Balaban J connectivity index is 2.53. The van der Waals surface area contributed by atoms with E-state index in [2.05, 4.69) is 32.9 Å². The number of ketones is 1. The SMILES string of the molecule is CC(=O)CC[C@@H](/C=C/[C@]1(C)CCCO1)C(C)C. The number of hydrogen-bond acceptors (Lipinski definition) is 2. The zero-order valence-corrected chi connectivity index (χ0v) is 11.7. The lowest BCUT2D eigenvalue weighted by Crippen LogP contribution is -2.20. The fourth-order valence-electron chi connectivity index (χ4n) is 2.28. The van der Waals surface area contributed by atoms with Gasteiger partial charge in [0.25, 0.3) is 0 Å². The van der Waals surface area contributed by atoms with E-state index in [4.69, 9.17) is 4.74 Å². The minimum absolute atomic E-state index is 0.0661. The molecular weight excluding hydrogens is 212 g/mol. The Hall–Kier alpha value is -0.630. The van der Waals surface area contributed by atoms with E-state index >= 15 is 0 Å². The maximum atomic E-state index is 11.0. The van der Waals surface area contributed by atoms with Crippen LogP contribution in [0.2, 0.25) is 0 Å². The number of allylic oxidation sites excluding steroid dienone is 1. The van der Waals surface area contributed by atoms with E-state index in [0.29, 0.717) is 18.3 Å². The molecule has 0 saturated carbocycles. The molecule has 1 saturated heterocycles. The highest BCUT2D eigenvalue weighted by Crippen LogP contribution is 2.28. The van der Waals surface area contributed by atoms with Crippen molar-refractivity contribution in [2.75, 3.05) is 6.61 Å². The van der Waals surface area contributed by atoms with Crippen molar-refractivity contribution in [1.82, 2.24) is 0 Å². The second kappa shape index (κ2) is 6.34. The highest BCUT2D eigenvalue weighted by atomic mass is 16.5. The summed E-state index contributed by atoms with van der Waals surface area (Å²) >= 11 is 0. The van der Waals surface area contributed by atoms with Crippen LogP contribution in [0.25, 0.3) is 0 Å². The molecule has 0 unspecified atom stereocenters. The first-order valence-electron chi connectivity index (χ1n) is 6.76. The topological polar surface area (TPSA) is 26.3 Å². The van der Waals surface area contributed by atoms with Gasteiger partial charge < -0.3 is 9.53 Å². The maximum absolute atomic E-state index is 11.0. The van der Waals surface area contributed by atoms with Crippen LogP contribution in [0.4, 0.5) is 0 Å². The Morgan fingerprint density at radius 1 is 1.47 bits per heavy atom.